The van der Waals surface area contributed by atoms with Crippen LogP contribution in [-0.2, 0) is 6.42 Å². The number of hydrogen-bond acceptors (Lipinski definition) is 2. The van der Waals surface area contributed by atoms with Crippen molar-refractivity contribution in [3.8, 4) is 0 Å². The maximum atomic E-state index is 6.09. The summed E-state index contributed by atoms with van der Waals surface area (Å²) in [7, 11) is 0. The van der Waals surface area contributed by atoms with Crippen LogP contribution in [0.5, 0.6) is 0 Å². The Bertz CT molecular complexity index is 619. The van der Waals surface area contributed by atoms with Gasteiger partial charge in [-0.1, -0.05) is 36.4 Å². The van der Waals surface area contributed by atoms with Gasteiger partial charge in [0.25, 0.3) is 0 Å². The minimum absolute atomic E-state index is 0.276. The predicted octanol–water partition coefficient (Wildman–Crippen LogP) is 3.37. The van der Waals surface area contributed by atoms with Gasteiger partial charge in [0.15, 0.2) is 0 Å². The normalized spacial score (nSPS) is 15.2. The largest absolute Gasteiger partial charge is 0.363 e. The van der Waals surface area contributed by atoms with Crippen LogP contribution in [-0.4, -0.2) is 13.1 Å². The van der Waals surface area contributed by atoms with E-state index in [1.807, 2.05) is 0 Å². The molecule has 0 aromatic heterocycles. The van der Waals surface area contributed by atoms with Crippen molar-refractivity contribution in [3.63, 3.8) is 0 Å². The zero-order valence-electron chi connectivity index (χ0n) is 12.3. The van der Waals surface area contributed by atoms with Gasteiger partial charge < -0.3 is 10.6 Å². The number of rotatable bonds is 3. The molecule has 0 saturated heterocycles. The number of para-hydroxylation sites is 1. The van der Waals surface area contributed by atoms with E-state index in [1.165, 1.54) is 27.9 Å². The van der Waals surface area contributed by atoms with Gasteiger partial charge in [-0.3, -0.25) is 0 Å². The van der Waals surface area contributed by atoms with Crippen LogP contribution in [0.2, 0.25) is 0 Å². The van der Waals surface area contributed by atoms with Crippen LogP contribution in [0.1, 0.15) is 28.3 Å². The average Bonchev–Trinajstić information content (AvgIpc) is 2.88. The van der Waals surface area contributed by atoms with E-state index in [4.69, 9.17) is 5.73 Å². The molecule has 0 fully saturated rings. The molecule has 20 heavy (non-hydrogen) atoms. The zero-order valence-corrected chi connectivity index (χ0v) is 12.3. The molecule has 1 heterocycles. The minimum Gasteiger partial charge on any atom is -0.363 e. The molecule has 2 N–H and O–H groups in total. The first-order chi connectivity index (χ1) is 9.70. The number of benzene rings is 2. The Morgan fingerprint density at radius 2 is 1.90 bits per heavy atom. The molecule has 0 spiro atoms. The monoisotopic (exact) mass is 266 g/mol. The van der Waals surface area contributed by atoms with Gasteiger partial charge in [-0.2, -0.15) is 0 Å². The second kappa shape index (κ2) is 5.29. The maximum Gasteiger partial charge on any atom is 0.0665 e. The number of fused-ring (bicyclic) bond motifs is 1. The summed E-state index contributed by atoms with van der Waals surface area (Å²) in [4.78, 5) is 2.46. The molecule has 1 unspecified atom stereocenters. The smallest absolute Gasteiger partial charge is 0.0665 e. The van der Waals surface area contributed by atoms with Crippen LogP contribution in [0.25, 0.3) is 0 Å². The Hall–Kier alpha value is -1.80. The second-order valence-corrected chi connectivity index (χ2v) is 5.67. The molecule has 104 valence electrons. The first-order valence-corrected chi connectivity index (χ1v) is 7.32. The highest BCUT2D eigenvalue weighted by Gasteiger charge is 2.26. The van der Waals surface area contributed by atoms with Crippen molar-refractivity contribution >= 4 is 5.69 Å². The summed E-state index contributed by atoms with van der Waals surface area (Å²) in [6.07, 6.45) is 1.12. The molecule has 0 amide bonds. The Balaban J connectivity index is 1.97. The number of hydrogen-bond donors (Lipinski definition) is 1. The first kappa shape index (κ1) is 13.2. The van der Waals surface area contributed by atoms with Gasteiger partial charge in [0, 0.05) is 18.8 Å². The van der Waals surface area contributed by atoms with Gasteiger partial charge in [0.1, 0.15) is 0 Å². The Labute approximate surface area is 121 Å². The summed E-state index contributed by atoms with van der Waals surface area (Å²) >= 11 is 0. The van der Waals surface area contributed by atoms with Crippen molar-refractivity contribution in [1.82, 2.24) is 0 Å². The molecule has 3 rings (SSSR count). The first-order valence-electron chi connectivity index (χ1n) is 7.32. The average molecular weight is 266 g/mol. The summed E-state index contributed by atoms with van der Waals surface area (Å²) in [6.45, 7) is 6.04. The summed E-state index contributed by atoms with van der Waals surface area (Å²) in [5, 5.41) is 0. The quantitative estimate of drug-likeness (QED) is 0.923. The summed E-state index contributed by atoms with van der Waals surface area (Å²) < 4.78 is 0. The van der Waals surface area contributed by atoms with E-state index >= 15 is 0 Å². The minimum atomic E-state index is 0.276. The Kier molecular flexibility index (Phi) is 3.49. The topological polar surface area (TPSA) is 29.3 Å². The molecule has 2 aromatic carbocycles. The number of nitrogens with two attached hydrogens (primary N) is 1. The summed E-state index contributed by atoms with van der Waals surface area (Å²) in [5.41, 5.74) is 12.9. The van der Waals surface area contributed by atoms with Crippen molar-refractivity contribution in [2.45, 2.75) is 26.3 Å². The molecule has 2 heteroatoms. The number of anilines is 1. The van der Waals surface area contributed by atoms with Crippen LogP contribution in [0.4, 0.5) is 5.69 Å². The Morgan fingerprint density at radius 1 is 1.10 bits per heavy atom. The highest BCUT2D eigenvalue weighted by Crippen LogP contribution is 2.34. The van der Waals surface area contributed by atoms with Crippen LogP contribution < -0.4 is 10.6 Å². The molecule has 2 aromatic rings. The fraction of sp³-hybridized carbons (Fsp3) is 0.333. The van der Waals surface area contributed by atoms with Crippen LogP contribution in [0.3, 0.4) is 0 Å². The fourth-order valence-electron chi connectivity index (χ4n) is 3.10. The third-order valence-electron chi connectivity index (χ3n) is 4.44. The van der Waals surface area contributed by atoms with Gasteiger partial charge >= 0.3 is 0 Å². The van der Waals surface area contributed by atoms with E-state index in [0.29, 0.717) is 6.54 Å². The number of nitrogens with zero attached hydrogens (tertiary/aromatic N) is 1. The van der Waals surface area contributed by atoms with Gasteiger partial charge in [-0.15, -0.1) is 0 Å². The van der Waals surface area contributed by atoms with E-state index < -0.39 is 0 Å². The summed E-state index contributed by atoms with van der Waals surface area (Å²) in [5.74, 6) is 0. The highest BCUT2D eigenvalue weighted by atomic mass is 15.2. The molecule has 0 aliphatic carbocycles. The third kappa shape index (κ3) is 2.20. The molecule has 0 radical (unpaired) electrons. The maximum absolute atomic E-state index is 6.09. The Morgan fingerprint density at radius 3 is 2.65 bits per heavy atom. The molecule has 0 saturated carbocycles. The number of aryl methyl sites for hydroxylation is 2. The lowest BCUT2D eigenvalue weighted by Crippen LogP contribution is -2.32. The van der Waals surface area contributed by atoms with Gasteiger partial charge in [-0.25, -0.2) is 0 Å². The van der Waals surface area contributed by atoms with Gasteiger partial charge in [0.2, 0.25) is 0 Å². The van der Waals surface area contributed by atoms with E-state index in [0.717, 1.165) is 13.0 Å². The van der Waals surface area contributed by atoms with Gasteiger partial charge in [0.05, 0.1) is 6.04 Å². The molecule has 0 bridgehead atoms. The lowest BCUT2D eigenvalue weighted by Gasteiger charge is -2.30. The second-order valence-electron chi connectivity index (χ2n) is 5.67. The lowest BCUT2D eigenvalue weighted by molar-refractivity contribution is 0.648. The van der Waals surface area contributed by atoms with E-state index in [2.05, 4.69) is 61.2 Å². The lowest BCUT2D eigenvalue weighted by atomic mass is 10.00. The molecule has 2 nitrogen and oxygen atoms in total. The van der Waals surface area contributed by atoms with Crippen molar-refractivity contribution in [2.75, 3.05) is 18.0 Å². The van der Waals surface area contributed by atoms with Gasteiger partial charge in [-0.05, 0) is 48.6 Å². The SMILES string of the molecule is Cc1ccc(C(CN)N2CCc3ccccc32)cc1C. The predicted molar refractivity (Wildman–Crippen MR) is 85.2 cm³/mol. The van der Waals surface area contributed by atoms with E-state index in [1.54, 1.807) is 0 Å². The van der Waals surface area contributed by atoms with Crippen LogP contribution in [0.15, 0.2) is 42.5 Å². The zero-order chi connectivity index (χ0) is 14.1. The third-order valence-corrected chi connectivity index (χ3v) is 4.44. The van der Waals surface area contributed by atoms with Crippen molar-refractivity contribution < 1.29 is 0 Å². The summed E-state index contributed by atoms with van der Waals surface area (Å²) in [6, 6.07) is 15.7. The van der Waals surface area contributed by atoms with Crippen molar-refractivity contribution in [1.29, 1.82) is 0 Å². The van der Waals surface area contributed by atoms with E-state index in [9.17, 15) is 0 Å². The highest BCUT2D eigenvalue weighted by molar-refractivity contribution is 5.59. The standard InChI is InChI=1S/C18H22N2/c1-13-7-8-16(11-14(13)2)18(12-19)20-10-9-15-5-3-4-6-17(15)20/h3-8,11,18H,9-10,12,19H2,1-2H3. The molecular weight excluding hydrogens is 244 g/mol. The van der Waals surface area contributed by atoms with Crippen LogP contribution in [0, 0.1) is 13.8 Å². The van der Waals surface area contributed by atoms with Crippen LogP contribution >= 0.6 is 0 Å². The van der Waals surface area contributed by atoms with E-state index in [-0.39, 0.29) is 6.04 Å². The fourth-order valence-corrected chi connectivity index (χ4v) is 3.10. The molecule has 1 aliphatic rings. The van der Waals surface area contributed by atoms with Crippen molar-refractivity contribution in [2.24, 2.45) is 5.73 Å². The molecule has 1 aliphatic heterocycles. The van der Waals surface area contributed by atoms with Crippen molar-refractivity contribution in [3.05, 3.63) is 64.7 Å². The molecular formula is C18H22N2. The molecule has 1 atom stereocenters.